The molecule has 0 aliphatic carbocycles. The van der Waals surface area contributed by atoms with E-state index in [2.05, 4.69) is 15.8 Å². The van der Waals surface area contributed by atoms with E-state index in [-0.39, 0.29) is 22.1 Å². The van der Waals surface area contributed by atoms with Crippen LogP contribution in [0.4, 0.5) is 5.69 Å². The maximum absolute atomic E-state index is 12.6. The van der Waals surface area contributed by atoms with Crippen molar-refractivity contribution in [1.29, 1.82) is 0 Å². The molecule has 0 radical (unpaired) electrons. The fourth-order valence-electron chi connectivity index (χ4n) is 3.50. The Hall–Kier alpha value is -4.40. The number of ether oxygens (including phenoxy) is 2. The summed E-state index contributed by atoms with van der Waals surface area (Å²) in [5.41, 5.74) is 3.38. The summed E-state index contributed by atoms with van der Waals surface area (Å²) < 4.78 is 11.0. The molecule has 0 fully saturated rings. The maximum atomic E-state index is 12.6. The van der Waals surface area contributed by atoms with Gasteiger partial charge in [-0.3, -0.25) is 9.59 Å². The van der Waals surface area contributed by atoms with Crippen LogP contribution in [0.2, 0.25) is 10.0 Å². The lowest BCUT2D eigenvalue weighted by molar-refractivity contribution is -0.136. The van der Waals surface area contributed by atoms with Crippen LogP contribution in [0.3, 0.4) is 0 Å². The Morgan fingerprint density at radius 2 is 1.68 bits per heavy atom. The topological polar surface area (TPSA) is 106 Å². The zero-order valence-corrected chi connectivity index (χ0v) is 21.5. The third-order valence-corrected chi connectivity index (χ3v) is 5.79. The fourth-order valence-corrected chi connectivity index (χ4v) is 3.98. The molecule has 38 heavy (non-hydrogen) atoms. The molecule has 8 nitrogen and oxygen atoms in total. The summed E-state index contributed by atoms with van der Waals surface area (Å²) in [6.45, 7) is 2.08. The van der Waals surface area contributed by atoms with Gasteiger partial charge in [-0.15, -0.1) is 0 Å². The molecule has 0 saturated heterocycles. The van der Waals surface area contributed by atoms with E-state index in [1.165, 1.54) is 30.5 Å². The molecule has 192 valence electrons. The Bertz CT molecular complexity index is 1550. The second kappa shape index (κ2) is 12.2. The zero-order chi connectivity index (χ0) is 27.1. The average molecular weight is 550 g/mol. The molecular weight excluding hydrogens is 529 g/mol. The molecular formula is C28H21Cl2N3O5. The van der Waals surface area contributed by atoms with E-state index in [0.717, 1.165) is 10.8 Å². The number of benzene rings is 4. The fraction of sp³-hybridized carbons (Fsp3) is 0.0714. The molecule has 0 aromatic heterocycles. The first kappa shape index (κ1) is 26.7. The minimum atomic E-state index is -0.940. The van der Waals surface area contributed by atoms with Gasteiger partial charge in [0.2, 0.25) is 0 Å². The van der Waals surface area contributed by atoms with Gasteiger partial charge in [0.25, 0.3) is 0 Å². The number of carbonyl (C=O) groups is 3. The highest BCUT2D eigenvalue weighted by atomic mass is 35.5. The quantitative estimate of drug-likeness (QED) is 0.0987. The van der Waals surface area contributed by atoms with Crippen molar-refractivity contribution in [3.8, 4) is 11.5 Å². The van der Waals surface area contributed by atoms with Gasteiger partial charge in [0.15, 0.2) is 11.5 Å². The Kier molecular flexibility index (Phi) is 8.58. The van der Waals surface area contributed by atoms with Crippen molar-refractivity contribution < 1.29 is 23.9 Å². The van der Waals surface area contributed by atoms with Crippen molar-refractivity contribution >= 4 is 63.7 Å². The summed E-state index contributed by atoms with van der Waals surface area (Å²) in [4.78, 5) is 37.2. The van der Waals surface area contributed by atoms with E-state index in [1.54, 1.807) is 31.2 Å². The summed E-state index contributed by atoms with van der Waals surface area (Å²) in [7, 11) is 0. The Labute approximate surface area is 228 Å². The number of nitrogens with one attached hydrogen (secondary N) is 2. The van der Waals surface area contributed by atoms with Gasteiger partial charge in [-0.1, -0.05) is 59.6 Å². The molecule has 0 spiro atoms. The maximum Gasteiger partial charge on any atom is 0.345 e. The first-order valence-electron chi connectivity index (χ1n) is 11.4. The largest absolute Gasteiger partial charge is 0.490 e. The van der Waals surface area contributed by atoms with E-state index in [1.807, 2.05) is 30.3 Å². The molecule has 4 aromatic carbocycles. The smallest absolute Gasteiger partial charge is 0.345 e. The van der Waals surface area contributed by atoms with Crippen LogP contribution in [-0.2, 0) is 9.59 Å². The highest BCUT2D eigenvalue weighted by Crippen LogP contribution is 2.30. The number of hydrazone groups is 1. The number of hydrogen-bond donors (Lipinski definition) is 2. The Morgan fingerprint density at radius 3 is 2.47 bits per heavy atom. The van der Waals surface area contributed by atoms with Crippen LogP contribution >= 0.6 is 23.2 Å². The molecule has 10 heteroatoms. The number of amides is 2. The van der Waals surface area contributed by atoms with Crippen LogP contribution in [0.5, 0.6) is 11.5 Å². The Balaban J connectivity index is 1.41. The number of hydrogen-bond acceptors (Lipinski definition) is 6. The van der Waals surface area contributed by atoms with E-state index < -0.39 is 17.8 Å². The van der Waals surface area contributed by atoms with Gasteiger partial charge in [0.05, 0.1) is 23.4 Å². The summed E-state index contributed by atoms with van der Waals surface area (Å²) in [5.74, 6) is -2.05. The molecule has 0 saturated carbocycles. The second-order valence-electron chi connectivity index (χ2n) is 7.83. The number of rotatable bonds is 7. The molecule has 2 amide bonds. The van der Waals surface area contributed by atoms with E-state index >= 15 is 0 Å². The summed E-state index contributed by atoms with van der Waals surface area (Å²) in [6.07, 6.45) is 1.33. The minimum absolute atomic E-state index is 0.147. The van der Waals surface area contributed by atoms with Gasteiger partial charge in [0, 0.05) is 16.1 Å². The summed E-state index contributed by atoms with van der Waals surface area (Å²) >= 11 is 12.0. The monoisotopic (exact) mass is 549 g/mol. The normalized spacial score (nSPS) is 10.8. The van der Waals surface area contributed by atoms with Gasteiger partial charge < -0.3 is 14.8 Å². The molecule has 4 aromatic rings. The van der Waals surface area contributed by atoms with Crippen molar-refractivity contribution in [3.05, 3.63) is 100 Å². The van der Waals surface area contributed by atoms with E-state index in [0.29, 0.717) is 22.9 Å². The Morgan fingerprint density at radius 1 is 0.895 bits per heavy atom. The van der Waals surface area contributed by atoms with Crippen LogP contribution in [0.25, 0.3) is 10.8 Å². The predicted octanol–water partition coefficient (Wildman–Crippen LogP) is 5.85. The van der Waals surface area contributed by atoms with Crippen LogP contribution in [-0.4, -0.2) is 30.6 Å². The van der Waals surface area contributed by atoms with Gasteiger partial charge in [0.1, 0.15) is 0 Å². The number of fused-ring (bicyclic) bond motifs is 1. The molecule has 0 aliphatic rings. The number of anilines is 1. The molecule has 2 N–H and O–H groups in total. The molecule has 4 rings (SSSR count). The van der Waals surface area contributed by atoms with Crippen molar-refractivity contribution in [2.75, 3.05) is 11.9 Å². The number of esters is 1. The summed E-state index contributed by atoms with van der Waals surface area (Å²) in [6, 6.07) is 22.0. The van der Waals surface area contributed by atoms with Crippen molar-refractivity contribution in [1.82, 2.24) is 5.43 Å². The average Bonchev–Trinajstić information content (AvgIpc) is 2.90. The third-order valence-electron chi connectivity index (χ3n) is 5.25. The standard InChI is InChI=1S/C28H21Cl2N3O5/c1-2-37-25-14-17(10-13-24(25)38-28(36)21-12-11-19(29)15-22(21)30)16-31-33-27(35)26(34)32-23-9-5-7-18-6-3-4-8-20(18)23/h3-16H,2H2,1H3,(H,32,34)(H,33,35). The molecule has 0 heterocycles. The zero-order valence-electron chi connectivity index (χ0n) is 20.0. The highest BCUT2D eigenvalue weighted by molar-refractivity contribution is 6.40. The van der Waals surface area contributed by atoms with Crippen LogP contribution in [0.1, 0.15) is 22.8 Å². The number of carbonyl (C=O) groups excluding carboxylic acids is 3. The highest BCUT2D eigenvalue weighted by Gasteiger charge is 2.17. The lowest BCUT2D eigenvalue weighted by Crippen LogP contribution is -2.32. The van der Waals surface area contributed by atoms with Crippen molar-refractivity contribution in [3.63, 3.8) is 0 Å². The van der Waals surface area contributed by atoms with Crippen LogP contribution in [0, 0.1) is 0 Å². The molecule has 0 aliphatic heterocycles. The van der Waals surface area contributed by atoms with Gasteiger partial charge in [-0.25, -0.2) is 10.2 Å². The molecule has 0 unspecified atom stereocenters. The SMILES string of the molecule is CCOc1cc(C=NNC(=O)C(=O)Nc2cccc3ccccc23)ccc1OC(=O)c1ccc(Cl)cc1Cl. The molecule has 0 atom stereocenters. The van der Waals surface area contributed by atoms with E-state index in [4.69, 9.17) is 32.7 Å². The summed E-state index contributed by atoms with van der Waals surface area (Å²) in [5, 5.41) is 8.73. The second-order valence-corrected chi connectivity index (χ2v) is 8.68. The van der Waals surface area contributed by atoms with E-state index in [9.17, 15) is 14.4 Å². The minimum Gasteiger partial charge on any atom is -0.490 e. The lowest BCUT2D eigenvalue weighted by Gasteiger charge is -2.12. The van der Waals surface area contributed by atoms with Gasteiger partial charge >= 0.3 is 17.8 Å². The first-order chi connectivity index (χ1) is 18.4. The van der Waals surface area contributed by atoms with Crippen molar-refractivity contribution in [2.45, 2.75) is 6.92 Å². The number of nitrogens with zero attached hydrogens (tertiary/aromatic N) is 1. The first-order valence-corrected chi connectivity index (χ1v) is 12.2. The number of halogens is 2. The molecule has 0 bridgehead atoms. The third kappa shape index (κ3) is 6.47. The van der Waals surface area contributed by atoms with Crippen molar-refractivity contribution in [2.24, 2.45) is 5.10 Å². The van der Waals surface area contributed by atoms with Gasteiger partial charge in [-0.05, 0) is 60.3 Å². The van der Waals surface area contributed by atoms with Crippen LogP contribution in [0.15, 0.2) is 84.0 Å². The predicted molar refractivity (Wildman–Crippen MR) is 147 cm³/mol. The van der Waals surface area contributed by atoms with Gasteiger partial charge in [-0.2, -0.15) is 5.10 Å². The lowest BCUT2D eigenvalue weighted by atomic mass is 10.1. The van der Waals surface area contributed by atoms with Crippen LogP contribution < -0.4 is 20.2 Å².